The summed E-state index contributed by atoms with van der Waals surface area (Å²) in [7, 11) is 1.87. The third-order valence-corrected chi connectivity index (χ3v) is 5.39. The molecular formula is C22H22O10. The summed E-state index contributed by atoms with van der Waals surface area (Å²) >= 11 is 0. The Hall–Kier alpha value is -3.95. The molecule has 2 unspecified atom stereocenters. The molecule has 0 fully saturated rings. The number of esters is 3. The van der Waals surface area contributed by atoms with Crippen LogP contribution in [0.4, 0.5) is 0 Å². The Bertz CT molecular complexity index is 1030. The molecule has 2 rings (SSSR count). The zero-order valence-corrected chi connectivity index (χ0v) is 17.8. The number of carbonyl (C=O) groups is 5. The van der Waals surface area contributed by atoms with Crippen LogP contribution in [0.25, 0.3) is 0 Å². The highest BCUT2D eigenvalue weighted by Crippen LogP contribution is 2.50. The van der Waals surface area contributed by atoms with Gasteiger partial charge in [0.15, 0.2) is 0 Å². The maximum absolute atomic E-state index is 13.3. The average molecular weight is 446 g/mol. The standard InChI is InChI=1S/C22H22O10/c1-11-12(2)15(18(25)30-3)22(20(27)28,16(19(26)31-4)14(11)17(23)24)21(29)32-10-13-8-6-5-7-9-13/h5-9,16H,10H2,1-4H3,(H,23,24)(H,27,28). The van der Waals surface area contributed by atoms with Gasteiger partial charge < -0.3 is 24.4 Å². The number of aliphatic carboxylic acids is 2. The van der Waals surface area contributed by atoms with Crippen molar-refractivity contribution in [2.45, 2.75) is 20.5 Å². The smallest absolute Gasteiger partial charge is 0.335 e. The second-order valence-corrected chi connectivity index (χ2v) is 6.97. The van der Waals surface area contributed by atoms with E-state index in [0.29, 0.717) is 5.56 Å². The van der Waals surface area contributed by atoms with Gasteiger partial charge in [0.05, 0.1) is 25.4 Å². The van der Waals surface area contributed by atoms with E-state index in [1.165, 1.54) is 13.8 Å². The van der Waals surface area contributed by atoms with Gasteiger partial charge >= 0.3 is 29.8 Å². The quantitative estimate of drug-likeness (QED) is 0.358. The lowest BCUT2D eigenvalue weighted by Crippen LogP contribution is -2.56. The van der Waals surface area contributed by atoms with Crippen LogP contribution >= 0.6 is 0 Å². The fourth-order valence-electron chi connectivity index (χ4n) is 3.75. The third-order valence-electron chi connectivity index (χ3n) is 5.39. The molecule has 0 aromatic heterocycles. The summed E-state index contributed by atoms with van der Waals surface area (Å²) in [4.78, 5) is 63.4. The lowest BCUT2D eigenvalue weighted by atomic mass is 9.60. The van der Waals surface area contributed by atoms with E-state index < -0.39 is 52.3 Å². The lowest BCUT2D eigenvalue weighted by molar-refractivity contribution is -0.178. The molecule has 0 heterocycles. The van der Waals surface area contributed by atoms with E-state index in [9.17, 15) is 34.2 Å². The van der Waals surface area contributed by atoms with Crippen LogP contribution in [-0.4, -0.2) is 54.3 Å². The second kappa shape index (κ2) is 9.46. The molecular weight excluding hydrogens is 424 g/mol. The number of hydrogen-bond acceptors (Lipinski definition) is 8. The zero-order chi connectivity index (χ0) is 24.2. The van der Waals surface area contributed by atoms with Crippen molar-refractivity contribution in [3.8, 4) is 0 Å². The molecule has 0 radical (unpaired) electrons. The molecule has 10 heteroatoms. The van der Waals surface area contributed by atoms with Gasteiger partial charge in [-0.1, -0.05) is 30.3 Å². The van der Waals surface area contributed by atoms with Gasteiger partial charge in [-0.15, -0.1) is 0 Å². The summed E-state index contributed by atoms with van der Waals surface area (Å²) in [5, 5.41) is 20.0. The number of carboxylic acids is 2. The minimum atomic E-state index is -3.05. The van der Waals surface area contributed by atoms with E-state index in [1.807, 2.05) is 0 Å². The van der Waals surface area contributed by atoms with Gasteiger partial charge in [0, 0.05) is 0 Å². The molecule has 32 heavy (non-hydrogen) atoms. The number of hydrogen-bond donors (Lipinski definition) is 2. The molecule has 0 aliphatic heterocycles. The molecule has 170 valence electrons. The van der Waals surface area contributed by atoms with E-state index in [-0.39, 0.29) is 17.8 Å². The van der Waals surface area contributed by atoms with Crippen LogP contribution in [0.2, 0.25) is 0 Å². The van der Waals surface area contributed by atoms with Crippen LogP contribution in [-0.2, 0) is 44.8 Å². The van der Waals surface area contributed by atoms with Crippen molar-refractivity contribution in [3.05, 3.63) is 58.2 Å². The fourth-order valence-corrected chi connectivity index (χ4v) is 3.75. The molecule has 2 atom stereocenters. The summed E-state index contributed by atoms with van der Waals surface area (Å²) in [5.74, 6) is -9.88. The molecule has 1 aliphatic carbocycles. The molecule has 1 aliphatic rings. The third kappa shape index (κ3) is 3.86. The Morgan fingerprint density at radius 3 is 2.00 bits per heavy atom. The number of rotatable bonds is 7. The van der Waals surface area contributed by atoms with Crippen molar-refractivity contribution in [1.29, 1.82) is 0 Å². The minimum Gasteiger partial charge on any atom is -0.480 e. The van der Waals surface area contributed by atoms with Crippen molar-refractivity contribution in [2.75, 3.05) is 14.2 Å². The summed E-state index contributed by atoms with van der Waals surface area (Å²) in [6.45, 7) is 2.17. The first kappa shape index (κ1) is 24.3. The largest absolute Gasteiger partial charge is 0.480 e. The minimum absolute atomic E-state index is 0.0685. The first-order valence-electron chi connectivity index (χ1n) is 9.32. The van der Waals surface area contributed by atoms with Gasteiger partial charge in [0.25, 0.3) is 0 Å². The van der Waals surface area contributed by atoms with Crippen LogP contribution in [0.15, 0.2) is 52.6 Å². The molecule has 1 aromatic rings. The number of carboxylic acid groups (broad SMARTS) is 2. The van der Waals surface area contributed by atoms with Crippen molar-refractivity contribution in [1.82, 2.24) is 0 Å². The summed E-state index contributed by atoms with van der Waals surface area (Å²) in [6, 6.07) is 8.24. The van der Waals surface area contributed by atoms with Gasteiger partial charge in [0.1, 0.15) is 12.5 Å². The molecule has 0 spiro atoms. The van der Waals surface area contributed by atoms with Crippen molar-refractivity contribution in [2.24, 2.45) is 11.3 Å². The topological polar surface area (TPSA) is 154 Å². The number of methoxy groups -OCH3 is 2. The van der Waals surface area contributed by atoms with E-state index >= 15 is 0 Å². The van der Waals surface area contributed by atoms with Crippen LogP contribution in [0.5, 0.6) is 0 Å². The monoisotopic (exact) mass is 446 g/mol. The maximum Gasteiger partial charge on any atom is 0.335 e. The summed E-state index contributed by atoms with van der Waals surface area (Å²) in [5.41, 5.74) is -4.15. The summed E-state index contributed by atoms with van der Waals surface area (Å²) < 4.78 is 14.6. The Morgan fingerprint density at radius 1 is 0.938 bits per heavy atom. The first-order valence-corrected chi connectivity index (χ1v) is 9.32. The van der Waals surface area contributed by atoms with Gasteiger partial charge in [-0.3, -0.25) is 14.4 Å². The average Bonchev–Trinajstić information content (AvgIpc) is 2.77. The highest BCUT2D eigenvalue weighted by atomic mass is 16.5. The Balaban J connectivity index is 2.84. The van der Waals surface area contributed by atoms with Crippen molar-refractivity contribution < 1.29 is 48.4 Å². The normalized spacial score (nSPS) is 20.4. The van der Waals surface area contributed by atoms with Crippen LogP contribution in [0.3, 0.4) is 0 Å². The van der Waals surface area contributed by atoms with E-state index in [4.69, 9.17) is 9.47 Å². The molecule has 10 nitrogen and oxygen atoms in total. The highest BCUT2D eigenvalue weighted by Gasteiger charge is 2.67. The van der Waals surface area contributed by atoms with Crippen LogP contribution in [0, 0.1) is 11.3 Å². The van der Waals surface area contributed by atoms with Crippen LogP contribution in [0.1, 0.15) is 19.4 Å². The summed E-state index contributed by atoms with van der Waals surface area (Å²) in [6.07, 6.45) is 0. The Kier molecular flexibility index (Phi) is 7.19. The Morgan fingerprint density at radius 2 is 1.53 bits per heavy atom. The van der Waals surface area contributed by atoms with Gasteiger partial charge in [-0.25, -0.2) is 9.59 Å². The molecule has 0 saturated carbocycles. The first-order chi connectivity index (χ1) is 15.0. The molecule has 0 bridgehead atoms. The molecule has 1 aromatic carbocycles. The van der Waals surface area contributed by atoms with Gasteiger partial charge in [-0.05, 0) is 30.6 Å². The van der Waals surface area contributed by atoms with E-state index in [0.717, 1.165) is 14.2 Å². The van der Waals surface area contributed by atoms with Gasteiger partial charge in [0.2, 0.25) is 5.41 Å². The van der Waals surface area contributed by atoms with Gasteiger partial charge in [-0.2, -0.15) is 0 Å². The molecule has 0 saturated heterocycles. The second-order valence-electron chi connectivity index (χ2n) is 6.97. The SMILES string of the molecule is COC(=O)C1=C(C)C(C)=C(C(=O)O)C(C(=O)OC)C1(C(=O)O)C(=O)OCc1ccccc1. The van der Waals surface area contributed by atoms with E-state index in [2.05, 4.69) is 4.74 Å². The molecule has 2 N–H and O–H groups in total. The number of ether oxygens (including phenoxy) is 3. The Labute approximate surface area is 183 Å². The van der Waals surface area contributed by atoms with Crippen molar-refractivity contribution >= 4 is 29.8 Å². The predicted molar refractivity (Wildman–Crippen MR) is 107 cm³/mol. The highest BCUT2D eigenvalue weighted by molar-refractivity contribution is 6.18. The lowest BCUT2D eigenvalue weighted by Gasteiger charge is -2.39. The van der Waals surface area contributed by atoms with Crippen LogP contribution < -0.4 is 0 Å². The number of allylic oxidation sites excluding steroid dienone is 2. The maximum atomic E-state index is 13.3. The number of carbonyl (C=O) groups excluding carboxylic acids is 3. The fraction of sp³-hybridized carbons (Fsp3) is 0.318. The zero-order valence-electron chi connectivity index (χ0n) is 17.8. The van der Waals surface area contributed by atoms with E-state index in [1.54, 1.807) is 30.3 Å². The number of benzene rings is 1. The molecule has 0 amide bonds. The predicted octanol–water partition coefficient (Wildman–Crippen LogP) is 1.49. The van der Waals surface area contributed by atoms with Crippen molar-refractivity contribution in [3.63, 3.8) is 0 Å².